The van der Waals surface area contributed by atoms with Crippen LogP contribution in [0.25, 0.3) is 0 Å². The molecule has 0 aromatic carbocycles. The number of fused-ring (bicyclic) bond motifs is 1. The molecule has 0 aliphatic carbocycles. The maximum Gasteiger partial charge on any atom is 0.107 e. The second-order valence-corrected chi connectivity index (χ2v) is 9.28. The first-order valence-electron chi connectivity index (χ1n) is 5.43. The molecule has 0 nitrogen and oxygen atoms in total. The van der Waals surface area contributed by atoms with E-state index in [4.69, 9.17) is 23.2 Å². The van der Waals surface area contributed by atoms with Gasteiger partial charge in [-0.2, -0.15) is 11.8 Å². The van der Waals surface area contributed by atoms with E-state index in [1.54, 1.807) is 11.3 Å². The number of thiophene rings is 2. The summed E-state index contributed by atoms with van der Waals surface area (Å²) in [7, 11) is 0. The average molecular weight is 400 g/mol. The molecule has 96 valence electrons. The van der Waals surface area contributed by atoms with Gasteiger partial charge in [-0.25, -0.2) is 0 Å². The molecule has 0 bridgehead atoms. The molecule has 18 heavy (non-hydrogen) atoms. The van der Waals surface area contributed by atoms with Crippen molar-refractivity contribution in [2.75, 3.05) is 5.75 Å². The Morgan fingerprint density at radius 2 is 2.00 bits per heavy atom. The Labute approximate surface area is 137 Å². The Hall–Kier alpha value is 0.810. The van der Waals surface area contributed by atoms with E-state index in [1.807, 2.05) is 29.2 Å². The Morgan fingerprint density at radius 3 is 2.67 bits per heavy atom. The van der Waals surface area contributed by atoms with E-state index < -0.39 is 0 Å². The molecule has 0 amide bonds. The number of halogens is 3. The highest BCUT2D eigenvalue weighted by atomic mass is 79.9. The van der Waals surface area contributed by atoms with E-state index in [0.717, 1.165) is 19.4 Å². The zero-order valence-corrected chi connectivity index (χ0v) is 14.8. The van der Waals surface area contributed by atoms with Gasteiger partial charge in [0.05, 0.1) is 0 Å². The number of rotatable bonds is 2. The lowest BCUT2D eigenvalue weighted by molar-refractivity contribution is 1.13. The molecule has 3 rings (SSSR count). The molecule has 1 unspecified atom stereocenters. The predicted molar refractivity (Wildman–Crippen MR) is 88.9 cm³/mol. The Kier molecular flexibility index (Phi) is 4.33. The van der Waals surface area contributed by atoms with Crippen LogP contribution in [0.1, 0.15) is 25.6 Å². The SMILES string of the molecule is Clc1sc(C(Cl)c2cc3c(s2)CCSC3)cc1Br. The third-order valence-electron chi connectivity index (χ3n) is 2.81. The summed E-state index contributed by atoms with van der Waals surface area (Å²) < 4.78 is 1.71. The lowest BCUT2D eigenvalue weighted by atomic mass is 10.2. The molecule has 2 aromatic rings. The summed E-state index contributed by atoms with van der Waals surface area (Å²) in [4.78, 5) is 3.87. The number of aryl methyl sites for hydroxylation is 1. The van der Waals surface area contributed by atoms with Gasteiger partial charge in [-0.05, 0) is 45.8 Å². The van der Waals surface area contributed by atoms with Crippen LogP contribution in [0.3, 0.4) is 0 Å². The van der Waals surface area contributed by atoms with E-state index in [2.05, 4.69) is 22.0 Å². The van der Waals surface area contributed by atoms with Crippen LogP contribution in [0.5, 0.6) is 0 Å². The van der Waals surface area contributed by atoms with Gasteiger partial charge in [0.25, 0.3) is 0 Å². The first kappa shape index (κ1) is 13.8. The van der Waals surface area contributed by atoms with Crippen LogP contribution < -0.4 is 0 Å². The minimum atomic E-state index is -0.0700. The molecule has 3 heterocycles. The summed E-state index contributed by atoms with van der Waals surface area (Å²) in [5.74, 6) is 2.36. The molecular formula is C12H9BrCl2S3. The zero-order chi connectivity index (χ0) is 12.7. The van der Waals surface area contributed by atoms with Gasteiger partial charge >= 0.3 is 0 Å². The fourth-order valence-electron chi connectivity index (χ4n) is 1.92. The summed E-state index contributed by atoms with van der Waals surface area (Å²) in [5, 5.41) is -0.0700. The molecule has 0 fully saturated rings. The second kappa shape index (κ2) is 5.66. The normalized spacial score (nSPS) is 16.6. The van der Waals surface area contributed by atoms with E-state index >= 15 is 0 Å². The summed E-state index contributed by atoms with van der Waals surface area (Å²) in [6.07, 6.45) is 1.18. The van der Waals surface area contributed by atoms with Gasteiger partial charge in [0, 0.05) is 24.9 Å². The van der Waals surface area contributed by atoms with Gasteiger partial charge in [0.15, 0.2) is 0 Å². The van der Waals surface area contributed by atoms with Gasteiger partial charge in [-0.1, -0.05) is 11.6 Å². The van der Waals surface area contributed by atoms with Crippen LogP contribution in [-0.2, 0) is 12.2 Å². The minimum absolute atomic E-state index is 0.0700. The van der Waals surface area contributed by atoms with Crippen molar-refractivity contribution in [3.63, 3.8) is 0 Å². The van der Waals surface area contributed by atoms with Crippen molar-refractivity contribution in [1.82, 2.24) is 0 Å². The van der Waals surface area contributed by atoms with Crippen molar-refractivity contribution >= 4 is 73.6 Å². The summed E-state index contributed by atoms with van der Waals surface area (Å²) in [6.45, 7) is 0. The van der Waals surface area contributed by atoms with Crippen LogP contribution in [0, 0.1) is 0 Å². The number of alkyl halides is 1. The lowest BCUT2D eigenvalue weighted by Gasteiger charge is -2.08. The highest BCUT2D eigenvalue weighted by Crippen LogP contribution is 2.44. The Bertz CT molecular complexity index is 533. The van der Waals surface area contributed by atoms with Crippen molar-refractivity contribution in [1.29, 1.82) is 0 Å². The van der Waals surface area contributed by atoms with Crippen molar-refractivity contribution in [2.24, 2.45) is 0 Å². The summed E-state index contributed by atoms with van der Waals surface area (Å²) in [6, 6.07) is 4.30. The van der Waals surface area contributed by atoms with Crippen molar-refractivity contribution < 1.29 is 0 Å². The fraction of sp³-hybridized carbons (Fsp3) is 0.333. The quantitative estimate of drug-likeness (QED) is 0.530. The fourth-order valence-corrected chi connectivity index (χ4v) is 6.50. The topological polar surface area (TPSA) is 0 Å². The standard InChI is InChI=1S/C12H9BrCl2S3/c13-7-4-10(18-12(7)15)11(14)9-3-6-5-16-2-1-8(6)17-9/h3-4,11H,1-2,5H2. The third-order valence-corrected chi connectivity index (χ3v) is 8.39. The van der Waals surface area contributed by atoms with Gasteiger partial charge in [0.2, 0.25) is 0 Å². The van der Waals surface area contributed by atoms with E-state index in [9.17, 15) is 0 Å². The number of hydrogen-bond donors (Lipinski definition) is 0. The third kappa shape index (κ3) is 2.65. The predicted octanol–water partition coefficient (Wildman–Crippen LogP) is 6.34. The van der Waals surface area contributed by atoms with Crippen LogP contribution in [0.15, 0.2) is 16.6 Å². The van der Waals surface area contributed by atoms with Crippen LogP contribution >= 0.6 is 73.6 Å². The van der Waals surface area contributed by atoms with E-state index in [1.165, 1.54) is 27.5 Å². The molecule has 2 aromatic heterocycles. The van der Waals surface area contributed by atoms with Gasteiger partial charge in [0.1, 0.15) is 9.71 Å². The molecule has 1 atom stereocenters. The Balaban J connectivity index is 1.92. The minimum Gasteiger partial charge on any atom is -0.157 e. The molecule has 6 heteroatoms. The summed E-state index contributed by atoms with van der Waals surface area (Å²) in [5.41, 5.74) is 1.47. The highest BCUT2D eigenvalue weighted by Gasteiger charge is 2.21. The monoisotopic (exact) mass is 398 g/mol. The molecule has 0 saturated heterocycles. The maximum absolute atomic E-state index is 6.57. The van der Waals surface area contributed by atoms with Gasteiger partial charge in [-0.3, -0.25) is 0 Å². The van der Waals surface area contributed by atoms with Crippen LogP contribution in [-0.4, -0.2) is 5.75 Å². The Morgan fingerprint density at radius 1 is 1.22 bits per heavy atom. The van der Waals surface area contributed by atoms with Gasteiger partial charge in [-0.15, -0.1) is 34.3 Å². The largest absolute Gasteiger partial charge is 0.157 e. The zero-order valence-electron chi connectivity index (χ0n) is 9.21. The smallest absolute Gasteiger partial charge is 0.107 e. The maximum atomic E-state index is 6.57. The summed E-state index contributed by atoms with van der Waals surface area (Å²) >= 11 is 21.5. The molecule has 1 aliphatic heterocycles. The van der Waals surface area contributed by atoms with Crippen molar-refractivity contribution in [3.05, 3.63) is 41.1 Å². The van der Waals surface area contributed by atoms with Crippen LogP contribution in [0.4, 0.5) is 0 Å². The lowest BCUT2D eigenvalue weighted by Crippen LogP contribution is -1.96. The molecule has 0 spiro atoms. The molecular weight excluding hydrogens is 391 g/mol. The molecule has 0 saturated carbocycles. The van der Waals surface area contributed by atoms with Crippen LogP contribution in [0.2, 0.25) is 4.34 Å². The first-order chi connectivity index (χ1) is 8.65. The average Bonchev–Trinajstić information content (AvgIpc) is 2.93. The van der Waals surface area contributed by atoms with E-state index in [0.29, 0.717) is 0 Å². The van der Waals surface area contributed by atoms with Crippen molar-refractivity contribution in [3.8, 4) is 0 Å². The molecule has 0 radical (unpaired) electrons. The molecule has 1 aliphatic rings. The molecule has 0 N–H and O–H groups in total. The second-order valence-electron chi connectivity index (χ2n) is 4.03. The number of thioether (sulfide) groups is 1. The first-order valence-corrected chi connectivity index (χ1v) is 9.82. The van der Waals surface area contributed by atoms with E-state index in [-0.39, 0.29) is 5.38 Å². The van der Waals surface area contributed by atoms with Gasteiger partial charge < -0.3 is 0 Å². The highest BCUT2D eigenvalue weighted by molar-refractivity contribution is 9.10. The van der Waals surface area contributed by atoms with Crippen molar-refractivity contribution in [2.45, 2.75) is 17.6 Å². The number of hydrogen-bond acceptors (Lipinski definition) is 3.